The first-order chi connectivity index (χ1) is 9.55. The Bertz CT molecular complexity index is 414. The molecule has 0 saturated heterocycles. The molecule has 1 aromatic rings. The van der Waals surface area contributed by atoms with Crippen LogP contribution < -0.4 is 10.6 Å². The van der Waals surface area contributed by atoms with E-state index in [9.17, 15) is 13.6 Å². The minimum absolute atomic E-state index is 0.0517. The average Bonchev–Trinajstić information content (AvgIpc) is 2.40. The second-order valence-corrected chi connectivity index (χ2v) is 4.79. The van der Waals surface area contributed by atoms with E-state index in [0.29, 0.717) is 18.5 Å². The third kappa shape index (κ3) is 6.10. The zero-order valence-electron chi connectivity index (χ0n) is 12.0. The van der Waals surface area contributed by atoms with Crippen molar-refractivity contribution in [2.45, 2.75) is 39.2 Å². The molecule has 1 aromatic carbocycles. The van der Waals surface area contributed by atoms with E-state index < -0.39 is 11.6 Å². The first-order valence-electron chi connectivity index (χ1n) is 7.00. The van der Waals surface area contributed by atoms with Crippen LogP contribution in [-0.4, -0.2) is 25.0 Å². The molecule has 0 aliphatic heterocycles. The van der Waals surface area contributed by atoms with Crippen LogP contribution in [0.15, 0.2) is 18.2 Å². The molecule has 20 heavy (non-hydrogen) atoms. The molecule has 0 saturated carbocycles. The number of hydrogen-bond donors (Lipinski definition) is 2. The van der Waals surface area contributed by atoms with Crippen molar-refractivity contribution in [2.75, 3.05) is 13.1 Å². The molecule has 5 heteroatoms. The summed E-state index contributed by atoms with van der Waals surface area (Å²) >= 11 is 0. The summed E-state index contributed by atoms with van der Waals surface area (Å²) in [4.78, 5) is 11.6. The standard InChI is InChI=1S/C15H22F2N2O/c1-3-14(4-2)19-15(20)10-18-6-5-11-7-12(16)9-13(17)8-11/h7-9,14,18H,3-6,10H2,1-2H3,(H,19,20). The van der Waals surface area contributed by atoms with Gasteiger partial charge in [0.15, 0.2) is 0 Å². The number of amides is 1. The van der Waals surface area contributed by atoms with Gasteiger partial charge in [-0.25, -0.2) is 8.78 Å². The van der Waals surface area contributed by atoms with Crippen molar-refractivity contribution in [3.05, 3.63) is 35.4 Å². The monoisotopic (exact) mass is 284 g/mol. The summed E-state index contributed by atoms with van der Waals surface area (Å²) in [5.41, 5.74) is 0.579. The van der Waals surface area contributed by atoms with Crippen molar-refractivity contribution < 1.29 is 13.6 Å². The molecule has 0 heterocycles. The molecule has 0 atom stereocenters. The van der Waals surface area contributed by atoms with Crippen LogP contribution in [0.3, 0.4) is 0 Å². The van der Waals surface area contributed by atoms with Gasteiger partial charge in [-0.3, -0.25) is 4.79 Å². The molecular weight excluding hydrogens is 262 g/mol. The Hall–Kier alpha value is -1.49. The lowest BCUT2D eigenvalue weighted by Gasteiger charge is -2.14. The number of carbonyl (C=O) groups excluding carboxylic acids is 1. The van der Waals surface area contributed by atoms with Crippen LogP contribution in [0.4, 0.5) is 8.78 Å². The van der Waals surface area contributed by atoms with Gasteiger partial charge in [0.2, 0.25) is 5.91 Å². The van der Waals surface area contributed by atoms with Crippen molar-refractivity contribution in [1.29, 1.82) is 0 Å². The van der Waals surface area contributed by atoms with Crippen LogP contribution in [0.5, 0.6) is 0 Å². The predicted molar refractivity (Wildman–Crippen MR) is 75.4 cm³/mol. The van der Waals surface area contributed by atoms with Gasteiger partial charge in [0.1, 0.15) is 11.6 Å². The van der Waals surface area contributed by atoms with E-state index in [4.69, 9.17) is 0 Å². The SMILES string of the molecule is CCC(CC)NC(=O)CNCCc1cc(F)cc(F)c1. The highest BCUT2D eigenvalue weighted by Gasteiger charge is 2.07. The lowest BCUT2D eigenvalue weighted by molar-refractivity contribution is -0.121. The van der Waals surface area contributed by atoms with Gasteiger partial charge in [-0.15, -0.1) is 0 Å². The molecule has 3 nitrogen and oxygen atoms in total. The Morgan fingerprint density at radius 2 is 1.75 bits per heavy atom. The molecule has 0 radical (unpaired) electrons. The van der Waals surface area contributed by atoms with Gasteiger partial charge < -0.3 is 10.6 Å². The summed E-state index contributed by atoms with van der Waals surface area (Å²) in [5, 5.41) is 5.88. The molecule has 0 unspecified atom stereocenters. The summed E-state index contributed by atoms with van der Waals surface area (Å²) in [6.07, 6.45) is 2.29. The normalized spacial score (nSPS) is 10.8. The first-order valence-corrected chi connectivity index (χ1v) is 7.00. The zero-order valence-corrected chi connectivity index (χ0v) is 12.0. The minimum Gasteiger partial charge on any atom is -0.352 e. The average molecular weight is 284 g/mol. The summed E-state index contributed by atoms with van der Waals surface area (Å²) in [6, 6.07) is 3.66. The Labute approximate surface area is 118 Å². The largest absolute Gasteiger partial charge is 0.352 e. The fourth-order valence-electron chi connectivity index (χ4n) is 1.96. The Kier molecular flexibility index (Phi) is 7.15. The number of carbonyl (C=O) groups is 1. The van der Waals surface area contributed by atoms with Crippen LogP contribution >= 0.6 is 0 Å². The summed E-state index contributed by atoms with van der Waals surface area (Å²) in [7, 11) is 0. The summed E-state index contributed by atoms with van der Waals surface area (Å²) in [5.74, 6) is -1.21. The third-order valence-electron chi connectivity index (χ3n) is 3.15. The second kappa shape index (κ2) is 8.64. The maximum Gasteiger partial charge on any atom is 0.234 e. The minimum atomic E-state index is -0.577. The topological polar surface area (TPSA) is 41.1 Å². The molecule has 0 bridgehead atoms. The van der Waals surface area contributed by atoms with E-state index in [-0.39, 0.29) is 18.5 Å². The van der Waals surface area contributed by atoms with Gasteiger partial charge in [-0.2, -0.15) is 0 Å². The molecule has 0 fully saturated rings. The fourth-order valence-corrected chi connectivity index (χ4v) is 1.96. The maximum atomic E-state index is 13.0. The van der Waals surface area contributed by atoms with E-state index in [1.54, 1.807) is 0 Å². The lowest BCUT2D eigenvalue weighted by Crippen LogP contribution is -2.40. The van der Waals surface area contributed by atoms with Crippen LogP contribution in [0, 0.1) is 11.6 Å². The highest BCUT2D eigenvalue weighted by Crippen LogP contribution is 2.07. The molecule has 0 aliphatic rings. The van der Waals surface area contributed by atoms with Gasteiger partial charge in [-0.1, -0.05) is 13.8 Å². The van der Waals surface area contributed by atoms with Crippen molar-refractivity contribution in [1.82, 2.24) is 10.6 Å². The first kappa shape index (κ1) is 16.6. The highest BCUT2D eigenvalue weighted by molar-refractivity contribution is 5.78. The van der Waals surface area contributed by atoms with Crippen molar-refractivity contribution in [3.63, 3.8) is 0 Å². The van der Waals surface area contributed by atoms with Crippen LogP contribution in [0.2, 0.25) is 0 Å². The Balaban J connectivity index is 2.26. The van der Waals surface area contributed by atoms with E-state index in [0.717, 1.165) is 18.9 Å². The molecule has 1 amide bonds. The third-order valence-corrected chi connectivity index (χ3v) is 3.15. The smallest absolute Gasteiger partial charge is 0.234 e. The van der Waals surface area contributed by atoms with Gasteiger partial charge >= 0.3 is 0 Å². The number of hydrogen-bond acceptors (Lipinski definition) is 2. The molecule has 0 spiro atoms. The van der Waals surface area contributed by atoms with Crippen molar-refractivity contribution in [3.8, 4) is 0 Å². The van der Waals surface area contributed by atoms with Crippen molar-refractivity contribution in [2.24, 2.45) is 0 Å². The molecule has 2 N–H and O–H groups in total. The van der Waals surface area contributed by atoms with Crippen LogP contribution in [-0.2, 0) is 11.2 Å². The number of nitrogens with one attached hydrogen (secondary N) is 2. The summed E-state index contributed by atoms with van der Waals surface area (Å²) < 4.78 is 25.9. The molecule has 0 aromatic heterocycles. The zero-order chi connectivity index (χ0) is 15.0. The number of rotatable bonds is 8. The summed E-state index contributed by atoms with van der Waals surface area (Å²) in [6.45, 7) is 4.77. The van der Waals surface area contributed by atoms with E-state index in [2.05, 4.69) is 10.6 Å². The van der Waals surface area contributed by atoms with E-state index >= 15 is 0 Å². The molecule has 1 rings (SSSR count). The highest BCUT2D eigenvalue weighted by atomic mass is 19.1. The quantitative estimate of drug-likeness (QED) is 0.720. The van der Waals surface area contributed by atoms with Crippen molar-refractivity contribution >= 4 is 5.91 Å². The van der Waals surface area contributed by atoms with Gasteiger partial charge in [-0.05, 0) is 43.5 Å². The fraction of sp³-hybridized carbons (Fsp3) is 0.533. The van der Waals surface area contributed by atoms with E-state index in [1.807, 2.05) is 13.8 Å². The van der Waals surface area contributed by atoms with Gasteiger partial charge in [0.05, 0.1) is 6.54 Å². The van der Waals surface area contributed by atoms with Gasteiger partial charge in [0, 0.05) is 12.1 Å². The molecule has 0 aliphatic carbocycles. The molecular formula is C15H22F2N2O. The van der Waals surface area contributed by atoms with E-state index in [1.165, 1.54) is 12.1 Å². The number of benzene rings is 1. The lowest BCUT2D eigenvalue weighted by atomic mass is 10.1. The van der Waals surface area contributed by atoms with Gasteiger partial charge in [0.25, 0.3) is 0 Å². The predicted octanol–water partition coefficient (Wildman–Crippen LogP) is 2.40. The Morgan fingerprint density at radius 1 is 1.15 bits per heavy atom. The number of halogens is 2. The second-order valence-electron chi connectivity index (χ2n) is 4.79. The molecule has 112 valence electrons. The van der Waals surface area contributed by atoms with Crippen LogP contribution in [0.1, 0.15) is 32.3 Å². The van der Waals surface area contributed by atoms with Crippen LogP contribution in [0.25, 0.3) is 0 Å². The maximum absolute atomic E-state index is 13.0. The Morgan fingerprint density at radius 3 is 2.30 bits per heavy atom.